The van der Waals surface area contributed by atoms with E-state index in [4.69, 9.17) is 19.2 Å². The van der Waals surface area contributed by atoms with Gasteiger partial charge in [-0.15, -0.1) is 24.0 Å². The maximum absolute atomic E-state index is 5.44. The van der Waals surface area contributed by atoms with Crippen LogP contribution in [0, 0.1) is 0 Å². The first-order chi connectivity index (χ1) is 14.0. The Hall–Kier alpha value is -2.17. The topological polar surface area (TPSA) is 81.9 Å². The average Bonchev–Trinajstić information content (AvgIpc) is 3.05. The summed E-state index contributed by atoms with van der Waals surface area (Å²) in [6.07, 6.45) is 1.81. The van der Waals surface area contributed by atoms with Crippen LogP contribution in [0.5, 0.6) is 17.2 Å². The highest BCUT2D eigenvalue weighted by Crippen LogP contribution is 2.39. The molecule has 0 bridgehead atoms. The molecule has 0 spiro atoms. The van der Waals surface area contributed by atoms with E-state index in [9.17, 15) is 0 Å². The second-order valence-electron chi connectivity index (χ2n) is 6.44. The number of methoxy groups -OCH3 is 3. The first kappa shape index (κ1) is 25.9. The summed E-state index contributed by atoms with van der Waals surface area (Å²) in [7, 11) is 6.77. The summed E-state index contributed by atoms with van der Waals surface area (Å²) in [6.45, 7) is 7.59. The maximum Gasteiger partial charge on any atom is 0.203 e. The molecule has 0 aliphatic rings. The third-order valence-corrected chi connectivity index (χ3v) is 4.69. The number of nitrogens with one attached hydrogen (secondary N) is 2. The Kier molecular flexibility index (Phi) is 10.8. The van der Waals surface area contributed by atoms with E-state index in [0.29, 0.717) is 29.8 Å². The van der Waals surface area contributed by atoms with E-state index in [0.717, 1.165) is 30.8 Å². The number of anilines is 1. The summed E-state index contributed by atoms with van der Waals surface area (Å²) >= 11 is 0. The lowest BCUT2D eigenvalue weighted by atomic mass is 10.1. The van der Waals surface area contributed by atoms with Crippen molar-refractivity contribution in [2.75, 3.05) is 33.2 Å². The lowest BCUT2D eigenvalue weighted by molar-refractivity contribution is 0.324. The van der Waals surface area contributed by atoms with Crippen LogP contribution >= 0.6 is 24.0 Å². The van der Waals surface area contributed by atoms with Crippen molar-refractivity contribution in [1.82, 2.24) is 15.1 Å². The molecule has 0 radical (unpaired) electrons. The van der Waals surface area contributed by atoms with Crippen LogP contribution in [0.4, 0.5) is 5.69 Å². The molecule has 0 saturated carbocycles. The fourth-order valence-corrected chi connectivity index (χ4v) is 3.33. The number of rotatable bonds is 9. The van der Waals surface area contributed by atoms with E-state index in [2.05, 4.69) is 29.6 Å². The quantitative estimate of drug-likeness (QED) is 0.292. The fourth-order valence-electron chi connectivity index (χ4n) is 3.33. The SMILES string of the molecule is CCNC(=NCc1c(CC)nn(C)c1CC)Nc1cc(OC)c(OC)c(OC)c1.I. The normalized spacial score (nSPS) is 11.0. The van der Waals surface area contributed by atoms with E-state index in [1.165, 1.54) is 11.3 Å². The van der Waals surface area contributed by atoms with Gasteiger partial charge >= 0.3 is 0 Å². The molecule has 2 rings (SSSR count). The Morgan fingerprint density at radius 2 is 1.67 bits per heavy atom. The zero-order valence-electron chi connectivity index (χ0n) is 19.0. The largest absolute Gasteiger partial charge is 0.493 e. The van der Waals surface area contributed by atoms with Crippen LogP contribution in [0.2, 0.25) is 0 Å². The van der Waals surface area contributed by atoms with E-state index in [1.807, 2.05) is 30.8 Å². The molecule has 2 N–H and O–H groups in total. The van der Waals surface area contributed by atoms with Crippen molar-refractivity contribution in [3.05, 3.63) is 29.1 Å². The minimum Gasteiger partial charge on any atom is -0.493 e. The number of nitrogens with zero attached hydrogens (tertiary/aromatic N) is 3. The van der Waals surface area contributed by atoms with E-state index >= 15 is 0 Å². The smallest absolute Gasteiger partial charge is 0.203 e. The highest BCUT2D eigenvalue weighted by Gasteiger charge is 2.15. The van der Waals surface area contributed by atoms with Crippen LogP contribution in [-0.4, -0.2) is 43.6 Å². The van der Waals surface area contributed by atoms with Crippen molar-refractivity contribution < 1.29 is 14.2 Å². The molecule has 0 saturated heterocycles. The number of ether oxygens (including phenoxy) is 3. The number of aryl methyl sites for hydroxylation is 2. The molecule has 1 aromatic heterocycles. The van der Waals surface area contributed by atoms with Crippen LogP contribution in [0.15, 0.2) is 17.1 Å². The lowest BCUT2D eigenvalue weighted by Gasteiger charge is -2.16. The van der Waals surface area contributed by atoms with E-state index < -0.39 is 0 Å². The van der Waals surface area contributed by atoms with Gasteiger partial charge in [-0.3, -0.25) is 4.68 Å². The van der Waals surface area contributed by atoms with Gasteiger partial charge in [0.15, 0.2) is 17.5 Å². The van der Waals surface area contributed by atoms with Crippen LogP contribution in [0.25, 0.3) is 0 Å². The molecule has 1 aromatic carbocycles. The molecular formula is C21H34IN5O3. The van der Waals surface area contributed by atoms with Gasteiger partial charge in [-0.25, -0.2) is 4.99 Å². The summed E-state index contributed by atoms with van der Waals surface area (Å²) in [6, 6.07) is 3.71. The summed E-state index contributed by atoms with van der Waals surface area (Å²) in [5.41, 5.74) is 4.29. The average molecular weight is 531 g/mol. The van der Waals surface area contributed by atoms with Gasteiger partial charge in [-0.1, -0.05) is 13.8 Å². The summed E-state index contributed by atoms with van der Waals surface area (Å²) in [5, 5.41) is 11.2. The maximum atomic E-state index is 5.44. The molecule has 8 nitrogen and oxygen atoms in total. The Balaban J connectivity index is 0.00000450. The van der Waals surface area contributed by atoms with Crippen LogP contribution in [-0.2, 0) is 26.4 Å². The molecule has 0 amide bonds. The van der Waals surface area contributed by atoms with Gasteiger partial charge < -0.3 is 24.8 Å². The summed E-state index contributed by atoms with van der Waals surface area (Å²) < 4.78 is 18.2. The first-order valence-electron chi connectivity index (χ1n) is 9.91. The van der Waals surface area contributed by atoms with Crippen molar-refractivity contribution in [2.24, 2.45) is 12.0 Å². The highest BCUT2D eigenvalue weighted by molar-refractivity contribution is 14.0. The van der Waals surface area contributed by atoms with Crippen molar-refractivity contribution in [3.63, 3.8) is 0 Å². The van der Waals surface area contributed by atoms with Gasteiger partial charge in [-0.2, -0.15) is 5.10 Å². The number of guanidine groups is 1. The van der Waals surface area contributed by atoms with Gasteiger partial charge in [0.2, 0.25) is 5.75 Å². The van der Waals surface area contributed by atoms with Gasteiger partial charge in [0.1, 0.15) is 0 Å². The number of halogens is 1. The van der Waals surface area contributed by atoms with Crippen LogP contribution in [0.1, 0.15) is 37.7 Å². The number of hydrogen-bond acceptors (Lipinski definition) is 5. The Morgan fingerprint density at radius 3 is 2.13 bits per heavy atom. The first-order valence-corrected chi connectivity index (χ1v) is 9.91. The zero-order chi connectivity index (χ0) is 21.4. The molecule has 0 fully saturated rings. The second kappa shape index (κ2) is 12.5. The lowest BCUT2D eigenvalue weighted by Crippen LogP contribution is -2.30. The van der Waals surface area contributed by atoms with Crippen LogP contribution in [0.3, 0.4) is 0 Å². The number of aromatic nitrogens is 2. The highest BCUT2D eigenvalue weighted by atomic mass is 127. The Morgan fingerprint density at radius 1 is 1.03 bits per heavy atom. The fraction of sp³-hybridized carbons (Fsp3) is 0.524. The van der Waals surface area contributed by atoms with Gasteiger partial charge in [0.05, 0.1) is 33.6 Å². The van der Waals surface area contributed by atoms with Gasteiger partial charge in [-0.05, 0) is 19.8 Å². The van der Waals surface area contributed by atoms with Crippen molar-refractivity contribution in [2.45, 2.75) is 40.2 Å². The Bertz CT molecular complexity index is 826. The molecule has 0 atom stereocenters. The Labute approximate surface area is 196 Å². The third kappa shape index (κ3) is 5.93. The van der Waals surface area contributed by atoms with Gasteiger partial charge in [0.25, 0.3) is 0 Å². The third-order valence-electron chi connectivity index (χ3n) is 4.69. The van der Waals surface area contributed by atoms with Crippen molar-refractivity contribution in [1.29, 1.82) is 0 Å². The molecule has 2 aromatic rings. The molecule has 30 heavy (non-hydrogen) atoms. The predicted molar refractivity (Wildman–Crippen MR) is 132 cm³/mol. The predicted octanol–water partition coefficient (Wildman–Crippen LogP) is 3.77. The minimum absolute atomic E-state index is 0. The molecule has 0 aliphatic carbocycles. The zero-order valence-corrected chi connectivity index (χ0v) is 21.3. The molecule has 168 valence electrons. The summed E-state index contributed by atoms with van der Waals surface area (Å²) in [5.74, 6) is 2.39. The molecule has 9 heteroatoms. The molecular weight excluding hydrogens is 497 g/mol. The number of hydrogen-bond donors (Lipinski definition) is 2. The van der Waals surface area contributed by atoms with Crippen molar-refractivity contribution >= 4 is 35.6 Å². The van der Waals surface area contributed by atoms with E-state index in [-0.39, 0.29) is 24.0 Å². The number of aliphatic imine (C=N–C) groups is 1. The number of benzene rings is 1. The van der Waals surface area contributed by atoms with Crippen molar-refractivity contribution in [3.8, 4) is 17.2 Å². The minimum atomic E-state index is 0. The molecule has 0 aliphatic heterocycles. The molecule has 1 heterocycles. The second-order valence-corrected chi connectivity index (χ2v) is 6.44. The van der Waals surface area contributed by atoms with Gasteiger partial charge in [0, 0.05) is 42.7 Å². The van der Waals surface area contributed by atoms with E-state index in [1.54, 1.807) is 21.3 Å². The monoisotopic (exact) mass is 531 g/mol. The standard InChI is InChI=1S/C21H33N5O3.HI/c1-8-16-15(17(9-2)26(4)25-16)13-23-21(22-10-3)24-14-11-18(27-5)20(29-7)19(12-14)28-6;/h11-12H,8-10,13H2,1-7H3,(H2,22,23,24);1H. The molecule has 0 unspecified atom stereocenters. The van der Waals surface area contributed by atoms with Crippen LogP contribution < -0.4 is 24.8 Å². The summed E-state index contributed by atoms with van der Waals surface area (Å²) in [4.78, 5) is 4.79.